The molecule has 28 heavy (non-hydrogen) atoms. The molecule has 0 saturated carbocycles. The number of likely N-dealkylation sites (tertiary alicyclic amines) is 1. The smallest absolute Gasteiger partial charge is 0.222 e. The van der Waals surface area contributed by atoms with Crippen molar-refractivity contribution in [3.8, 4) is 11.3 Å². The second kappa shape index (κ2) is 7.92. The highest BCUT2D eigenvalue weighted by Gasteiger charge is 2.28. The zero-order chi connectivity index (χ0) is 19.5. The highest BCUT2D eigenvalue weighted by atomic mass is 19.1. The van der Waals surface area contributed by atoms with Crippen molar-refractivity contribution >= 4 is 5.91 Å². The molecule has 144 valence electrons. The van der Waals surface area contributed by atoms with E-state index in [1.54, 1.807) is 13.0 Å². The van der Waals surface area contributed by atoms with E-state index in [1.807, 2.05) is 52.2 Å². The van der Waals surface area contributed by atoms with Crippen LogP contribution in [-0.2, 0) is 11.2 Å². The summed E-state index contributed by atoms with van der Waals surface area (Å²) in [5.74, 6) is -0.0759. The standard InChI is InChI=1S/C22H23FN4O/c1-16-13-17(7-9-20(16)23)8-10-22(28)26-12-11-19(14-26)27-15-21(24-25-27)18-5-3-2-4-6-18/h2-7,9,13,15,19H,8,10-12,14H2,1H3/t19-/m0/s1. The predicted molar refractivity (Wildman–Crippen MR) is 105 cm³/mol. The van der Waals surface area contributed by atoms with Crippen molar-refractivity contribution in [1.82, 2.24) is 19.9 Å². The summed E-state index contributed by atoms with van der Waals surface area (Å²) < 4.78 is 15.2. The number of amides is 1. The number of halogens is 1. The van der Waals surface area contributed by atoms with Gasteiger partial charge < -0.3 is 4.90 Å². The first-order valence-electron chi connectivity index (χ1n) is 9.60. The summed E-state index contributed by atoms with van der Waals surface area (Å²) in [5, 5.41) is 8.54. The van der Waals surface area contributed by atoms with Crippen LogP contribution < -0.4 is 0 Å². The lowest BCUT2D eigenvalue weighted by molar-refractivity contribution is -0.130. The molecule has 1 fully saturated rings. The van der Waals surface area contributed by atoms with Crippen molar-refractivity contribution in [3.05, 3.63) is 71.7 Å². The largest absolute Gasteiger partial charge is 0.340 e. The van der Waals surface area contributed by atoms with E-state index >= 15 is 0 Å². The van der Waals surface area contributed by atoms with Crippen LogP contribution in [0.1, 0.15) is 30.0 Å². The summed E-state index contributed by atoms with van der Waals surface area (Å²) in [6.45, 7) is 3.12. The number of aryl methyl sites for hydroxylation is 2. The third kappa shape index (κ3) is 3.96. The van der Waals surface area contributed by atoms with Crippen LogP contribution in [-0.4, -0.2) is 38.9 Å². The molecule has 1 aromatic heterocycles. The maximum Gasteiger partial charge on any atom is 0.222 e. The fourth-order valence-corrected chi connectivity index (χ4v) is 3.65. The van der Waals surface area contributed by atoms with Gasteiger partial charge in [0.25, 0.3) is 0 Å². The molecule has 1 amide bonds. The van der Waals surface area contributed by atoms with Crippen LogP contribution in [0.4, 0.5) is 4.39 Å². The minimum atomic E-state index is -0.208. The molecule has 1 atom stereocenters. The molecule has 1 aliphatic heterocycles. The van der Waals surface area contributed by atoms with Gasteiger partial charge in [-0.25, -0.2) is 9.07 Å². The normalized spacial score (nSPS) is 16.5. The fraction of sp³-hybridized carbons (Fsp3) is 0.318. The highest BCUT2D eigenvalue weighted by molar-refractivity contribution is 5.76. The first kappa shape index (κ1) is 18.3. The van der Waals surface area contributed by atoms with Crippen molar-refractivity contribution in [2.24, 2.45) is 0 Å². The topological polar surface area (TPSA) is 51.0 Å². The van der Waals surface area contributed by atoms with Crippen LogP contribution in [0.2, 0.25) is 0 Å². The second-order valence-electron chi connectivity index (χ2n) is 7.32. The Kier molecular flexibility index (Phi) is 5.19. The Morgan fingerprint density at radius 1 is 1.21 bits per heavy atom. The van der Waals surface area contributed by atoms with Gasteiger partial charge in [-0.05, 0) is 37.0 Å². The minimum Gasteiger partial charge on any atom is -0.340 e. The summed E-state index contributed by atoms with van der Waals surface area (Å²) in [4.78, 5) is 14.5. The van der Waals surface area contributed by atoms with Gasteiger partial charge in [0.05, 0.1) is 12.2 Å². The van der Waals surface area contributed by atoms with Gasteiger partial charge in [0.15, 0.2) is 0 Å². The summed E-state index contributed by atoms with van der Waals surface area (Å²) in [6, 6.07) is 15.1. The molecule has 0 unspecified atom stereocenters. The monoisotopic (exact) mass is 378 g/mol. The Balaban J connectivity index is 1.34. The van der Waals surface area contributed by atoms with Gasteiger partial charge in [0.1, 0.15) is 11.5 Å². The molecule has 1 aliphatic rings. The third-order valence-electron chi connectivity index (χ3n) is 5.32. The summed E-state index contributed by atoms with van der Waals surface area (Å²) >= 11 is 0. The van der Waals surface area contributed by atoms with Gasteiger partial charge in [-0.15, -0.1) is 5.10 Å². The molecule has 6 heteroatoms. The Bertz CT molecular complexity index is 970. The van der Waals surface area contributed by atoms with Crippen LogP contribution in [0.5, 0.6) is 0 Å². The molecule has 2 heterocycles. The van der Waals surface area contributed by atoms with Crippen molar-refractivity contribution in [2.75, 3.05) is 13.1 Å². The van der Waals surface area contributed by atoms with Crippen LogP contribution in [0, 0.1) is 12.7 Å². The number of benzene rings is 2. The average molecular weight is 378 g/mol. The van der Waals surface area contributed by atoms with Gasteiger partial charge in [-0.3, -0.25) is 4.79 Å². The van der Waals surface area contributed by atoms with E-state index in [-0.39, 0.29) is 17.8 Å². The first-order valence-corrected chi connectivity index (χ1v) is 9.60. The summed E-state index contributed by atoms with van der Waals surface area (Å²) in [5.41, 5.74) is 3.49. The molecular weight excluding hydrogens is 355 g/mol. The van der Waals surface area contributed by atoms with Crippen molar-refractivity contribution in [1.29, 1.82) is 0 Å². The highest BCUT2D eigenvalue weighted by Crippen LogP contribution is 2.24. The Morgan fingerprint density at radius 3 is 2.82 bits per heavy atom. The zero-order valence-corrected chi connectivity index (χ0v) is 15.9. The predicted octanol–water partition coefficient (Wildman–Crippen LogP) is 3.80. The van der Waals surface area contributed by atoms with E-state index in [0.717, 1.165) is 29.8 Å². The lowest BCUT2D eigenvalue weighted by atomic mass is 10.1. The van der Waals surface area contributed by atoms with Crippen molar-refractivity contribution in [3.63, 3.8) is 0 Å². The molecule has 4 rings (SSSR count). The lowest BCUT2D eigenvalue weighted by Crippen LogP contribution is -2.29. The molecule has 0 bridgehead atoms. The number of rotatable bonds is 5. The molecule has 2 aromatic carbocycles. The van der Waals surface area contributed by atoms with Gasteiger partial charge in [-0.2, -0.15) is 0 Å². The van der Waals surface area contributed by atoms with E-state index in [4.69, 9.17) is 0 Å². The molecule has 0 spiro atoms. The Hall–Kier alpha value is -3.02. The molecule has 0 aliphatic carbocycles. The van der Waals surface area contributed by atoms with Crippen LogP contribution in [0.3, 0.4) is 0 Å². The number of hydrogen-bond acceptors (Lipinski definition) is 3. The number of carbonyl (C=O) groups excluding carboxylic acids is 1. The first-order chi connectivity index (χ1) is 13.6. The maximum absolute atomic E-state index is 13.4. The number of aromatic nitrogens is 3. The fourth-order valence-electron chi connectivity index (χ4n) is 3.65. The van der Waals surface area contributed by atoms with Gasteiger partial charge in [-0.1, -0.05) is 47.7 Å². The summed E-state index contributed by atoms with van der Waals surface area (Å²) in [7, 11) is 0. The molecule has 1 saturated heterocycles. The van der Waals surface area contributed by atoms with Crippen LogP contribution in [0.25, 0.3) is 11.3 Å². The van der Waals surface area contributed by atoms with Gasteiger partial charge in [0, 0.05) is 25.1 Å². The lowest BCUT2D eigenvalue weighted by Gasteiger charge is -2.16. The van der Waals surface area contributed by atoms with Crippen molar-refractivity contribution < 1.29 is 9.18 Å². The zero-order valence-electron chi connectivity index (χ0n) is 15.9. The Morgan fingerprint density at radius 2 is 2.04 bits per heavy atom. The average Bonchev–Trinajstić information content (AvgIpc) is 3.39. The molecule has 5 nitrogen and oxygen atoms in total. The van der Waals surface area contributed by atoms with Crippen LogP contribution >= 0.6 is 0 Å². The van der Waals surface area contributed by atoms with E-state index in [2.05, 4.69) is 10.3 Å². The van der Waals surface area contributed by atoms with E-state index < -0.39 is 0 Å². The van der Waals surface area contributed by atoms with Crippen molar-refractivity contribution in [2.45, 2.75) is 32.2 Å². The maximum atomic E-state index is 13.4. The number of nitrogens with zero attached hydrogens (tertiary/aromatic N) is 4. The third-order valence-corrected chi connectivity index (χ3v) is 5.32. The quantitative estimate of drug-likeness (QED) is 0.679. The minimum absolute atomic E-state index is 0.132. The Labute approximate surface area is 163 Å². The number of hydrogen-bond donors (Lipinski definition) is 0. The van der Waals surface area contributed by atoms with Gasteiger partial charge in [0.2, 0.25) is 5.91 Å². The van der Waals surface area contributed by atoms with Crippen LogP contribution in [0.15, 0.2) is 54.7 Å². The van der Waals surface area contributed by atoms with E-state index in [0.29, 0.717) is 24.9 Å². The van der Waals surface area contributed by atoms with E-state index in [9.17, 15) is 9.18 Å². The van der Waals surface area contributed by atoms with E-state index in [1.165, 1.54) is 6.07 Å². The molecular formula is C22H23FN4O. The number of carbonyl (C=O) groups is 1. The summed E-state index contributed by atoms with van der Waals surface area (Å²) in [6.07, 6.45) is 3.89. The van der Waals surface area contributed by atoms with Gasteiger partial charge >= 0.3 is 0 Å². The second-order valence-corrected chi connectivity index (χ2v) is 7.32. The molecule has 3 aromatic rings. The molecule has 0 N–H and O–H groups in total. The SMILES string of the molecule is Cc1cc(CCC(=O)N2CC[C@H](n3cc(-c4ccccc4)nn3)C2)ccc1F. The molecule has 0 radical (unpaired) electrons.